The molecule has 3 N–H and O–H groups in total. The Bertz CT molecular complexity index is 1810. The van der Waals surface area contributed by atoms with E-state index in [0.717, 1.165) is 15.8 Å². The zero-order valence-corrected chi connectivity index (χ0v) is 24.4. The molecule has 15 heteroatoms. The number of esters is 1. The van der Waals surface area contributed by atoms with Gasteiger partial charge in [-0.1, -0.05) is 29.8 Å². The van der Waals surface area contributed by atoms with Gasteiger partial charge in [0, 0.05) is 29.8 Å². The molecule has 5 rings (SSSR count). The van der Waals surface area contributed by atoms with Crippen LogP contribution < -0.4 is 11.1 Å². The number of ether oxygens (including phenoxy) is 1. The maximum Gasteiger partial charge on any atom is 0.453 e. The van der Waals surface area contributed by atoms with Crippen molar-refractivity contribution in [1.82, 2.24) is 19.7 Å². The normalized spacial score (nSPS) is 16.7. The van der Waals surface area contributed by atoms with Crippen molar-refractivity contribution in [2.75, 3.05) is 18.2 Å². The van der Waals surface area contributed by atoms with E-state index in [1.807, 2.05) is 19.1 Å². The van der Waals surface area contributed by atoms with Gasteiger partial charge >= 0.3 is 18.1 Å². The number of hydrogen-bond acceptors (Lipinski definition) is 7. The number of carbonyl (C=O) groups is 2. The number of anilines is 2. The Morgan fingerprint density at radius 1 is 1.14 bits per heavy atom. The summed E-state index contributed by atoms with van der Waals surface area (Å²) in [6.07, 6.45) is -6.63. The van der Waals surface area contributed by atoms with Gasteiger partial charge in [-0.05, 0) is 55.2 Å². The highest BCUT2D eigenvalue weighted by Crippen LogP contribution is 2.46. The van der Waals surface area contributed by atoms with Crippen LogP contribution in [0.25, 0.3) is 22.4 Å². The topological polar surface area (TPSA) is 125 Å². The minimum absolute atomic E-state index is 0.0511. The molecule has 1 atom stereocenters. The average molecular weight is 637 g/mol. The van der Waals surface area contributed by atoms with Gasteiger partial charge in [0.2, 0.25) is 5.91 Å². The number of carbonyl (C=O) groups excluding carboxylic acids is 2. The van der Waals surface area contributed by atoms with E-state index in [1.165, 1.54) is 25.3 Å². The zero-order chi connectivity index (χ0) is 32.2. The van der Waals surface area contributed by atoms with Crippen LogP contribution in [0.2, 0.25) is 5.02 Å². The fourth-order valence-corrected chi connectivity index (χ4v) is 5.45. The summed E-state index contributed by atoms with van der Waals surface area (Å²) < 4.78 is 71.5. The Kier molecular flexibility index (Phi) is 7.77. The molecule has 1 amide bonds. The van der Waals surface area contributed by atoms with Gasteiger partial charge in [0.1, 0.15) is 22.7 Å². The highest BCUT2D eigenvalue weighted by Gasteiger charge is 2.56. The minimum atomic E-state index is -5.72. The molecular formula is C29H26ClF5N6O3. The molecule has 232 valence electrons. The Labute approximate surface area is 252 Å². The lowest BCUT2D eigenvalue weighted by Gasteiger charge is -2.24. The fraction of sp³-hybridized carbons (Fsp3) is 0.345. The number of nitrogens with two attached hydrogens (primary N) is 1. The number of hydrogen-bond donors (Lipinski definition) is 2. The number of benzene rings is 2. The molecule has 0 spiro atoms. The van der Waals surface area contributed by atoms with Crippen LogP contribution in [-0.2, 0) is 32.7 Å². The van der Waals surface area contributed by atoms with Crippen LogP contribution in [0.5, 0.6) is 0 Å². The maximum absolute atomic E-state index is 13.7. The van der Waals surface area contributed by atoms with Crippen LogP contribution in [0.15, 0.2) is 36.4 Å². The van der Waals surface area contributed by atoms with Crippen molar-refractivity contribution < 1.29 is 36.3 Å². The Morgan fingerprint density at radius 3 is 2.52 bits per heavy atom. The number of alkyl halides is 5. The van der Waals surface area contributed by atoms with E-state index in [0.29, 0.717) is 22.9 Å². The molecule has 1 aliphatic heterocycles. The SMILES string of the molecule is COC(=O)CCc1ccc(C2(C)C(=O)Nc3nc(-c4nn(CCC(F)(F)C(F)(F)F)c5cc(Cl)ccc45)nc(N)c32)cc1C. The number of rotatable bonds is 8. The number of halogens is 6. The third kappa shape index (κ3) is 5.31. The minimum Gasteiger partial charge on any atom is -0.469 e. The molecule has 1 aliphatic rings. The second kappa shape index (κ2) is 11.0. The first-order chi connectivity index (χ1) is 20.6. The average Bonchev–Trinajstić information content (AvgIpc) is 3.44. The molecule has 0 saturated heterocycles. The molecule has 0 aliphatic carbocycles. The lowest BCUT2D eigenvalue weighted by atomic mass is 9.76. The van der Waals surface area contributed by atoms with Crippen molar-refractivity contribution in [3.05, 3.63) is 63.7 Å². The lowest BCUT2D eigenvalue weighted by molar-refractivity contribution is -0.285. The van der Waals surface area contributed by atoms with Gasteiger partial charge in [-0.3, -0.25) is 14.3 Å². The van der Waals surface area contributed by atoms with E-state index in [2.05, 4.69) is 20.4 Å². The molecule has 0 radical (unpaired) electrons. The van der Waals surface area contributed by atoms with E-state index in [1.54, 1.807) is 13.0 Å². The quantitative estimate of drug-likeness (QED) is 0.180. The van der Waals surface area contributed by atoms with E-state index in [9.17, 15) is 31.5 Å². The summed E-state index contributed by atoms with van der Waals surface area (Å²) in [5, 5.41) is 7.52. The van der Waals surface area contributed by atoms with Crippen molar-refractivity contribution in [2.24, 2.45) is 0 Å². The number of amides is 1. The first-order valence-corrected chi connectivity index (χ1v) is 13.7. The first-order valence-electron chi connectivity index (χ1n) is 13.3. The summed E-state index contributed by atoms with van der Waals surface area (Å²) >= 11 is 6.09. The van der Waals surface area contributed by atoms with Crippen molar-refractivity contribution in [3.63, 3.8) is 0 Å². The van der Waals surface area contributed by atoms with Gasteiger partial charge in [-0.2, -0.15) is 27.1 Å². The van der Waals surface area contributed by atoms with Gasteiger partial charge in [-0.25, -0.2) is 9.97 Å². The van der Waals surface area contributed by atoms with Gasteiger partial charge in [0.25, 0.3) is 0 Å². The Morgan fingerprint density at radius 2 is 1.86 bits per heavy atom. The third-order valence-corrected chi connectivity index (χ3v) is 8.08. The van der Waals surface area contributed by atoms with Crippen LogP contribution in [0.3, 0.4) is 0 Å². The molecule has 9 nitrogen and oxygen atoms in total. The largest absolute Gasteiger partial charge is 0.469 e. The lowest BCUT2D eigenvalue weighted by Crippen LogP contribution is -2.37. The molecule has 4 aromatic rings. The first kappa shape index (κ1) is 31.1. The molecule has 3 heterocycles. The molecule has 2 aromatic carbocycles. The molecule has 1 unspecified atom stereocenters. The van der Waals surface area contributed by atoms with E-state index < -0.39 is 36.4 Å². The molecule has 0 saturated carbocycles. The Hall–Kier alpha value is -4.33. The number of nitrogen functional groups attached to an aromatic ring is 1. The maximum atomic E-state index is 13.7. The van der Waals surface area contributed by atoms with Crippen molar-refractivity contribution >= 4 is 46.0 Å². The highest BCUT2D eigenvalue weighted by atomic mass is 35.5. The smallest absolute Gasteiger partial charge is 0.453 e. The monoisotopic (exact) mass is 636 g/mol. The van der Waals surface area contributed by atoms with Crippen LogP contribution in [0.1, 0.15) is 42.0 Å². The predicted molar refractivity (Wildman–Crippen MR) is 152 cm³/mol. The standard InChI is InChI=1S/C29H26ClF5N6O3/c1-14-12-16(6-4-15(14)5-9-20(42)44-3)27(2)21-23(36)37-25(38-24(21)39-26(27)43)22-18-8-7-17(30)13-19(18)41(40-22)11-10-28(31,32)29(33,34)35/h4,6-8,12-13H,5,9-11H2,1-3H3,(H3,36,37,38,39,43). The second-order valence-corrected chi connectivity index (χ2v) is 11.1. The van der Waals surface area contributed by atoms with Crippen molar-refractivity contribution in [3.8, 4) is 11.5 Å². The predicted octanol–water partition coefficient (Wildman–Crippen LogP) is 5.99. The number of nitrogens with zero attached hydrogens (tertiary/aromatic N) is 4. The summed E-state index contributed by atoms with van der Waals surface area (Å²) in [7, 11) is 1.32. The van der Waals surface area contributed by atoms with Crippen LogP contribution >= 0.6 is 11.6 Å². The summed E-state index contributed by atoms with van der Waals surface area (Å²) in [4.78, 5) is 33.9. The van der Waals surface area contributed by atoms with Gasteiger partial charge in [0.15, 0.2) is 5.82 Å². The fourth-order valence-electron chi connectivity index (χ4n) is 5.29. The molecule has 0 fully saturated rings. The van der Waals surface area contributed by atoms with E-state index >= 15 is 0 Å². The third-order valence-electron chi connectivity index (χ3n) is 7.85. The van der Waals surface area contributed by atoms with Crippen molar-refractivity contribution in [1.29, 1.82) is 0 Å². The summed E-state index contributed by atoms with van der Waals surface area (Å²) in [5.41, 5.74) is 8.02. The number of aromatic nitrogens is 4. The van der Waals surface area contributed by atoms with Gasteiger partial charge in [-0.15, -0.1) is 0 Å². The molecule has 2 aromatic heterocycles. The molecular weight excluding hydrogens is 611 g/mol. The summed E-state index contributed by atoms with van der Waals surface area (Å²) in [5.74, 6) is -5.74. The van der Waals surface area contributed by atoms with Crippen LogP contribution in [0.4, 0.5) is 33.6 Å². The number of fused-ring (bicyclic) bond motifs is 2. The number of nitrogens with one attached hydrogen (secondary N) is 1. The summed E-state index contributed by atoms with van der Waals surface area (Å²) in [6.45, 7) is 2.74. The van der Waals surface area contributed by atoms with E-state index in [-0.39, 0.29) is 46.1 Å². The van der Waals surface area contributed by atoms with Gasteiger partial charge in [0.05, 0.1) is 18.2 Å². The zero-order valence-electron chi connectivity index (χ0n) is 23.7. The van der Waals surface area contributed by atoms with Gasteiger partial charge < -0.3 is 15.8 Å². The number of methoxy groups -OCH3 is 1. The number of aryl methyl sites for hydroxylation is 3. The molecule has 0 bridgehead atoms. The van der Waals surface area contributed by atoms with E-state index in [4.69, 9.17) is 22.1 Å². The Balaban J connectivity index is 1.53. The van der Waals surface area contributed by atoms with Crippen molar-refractivity contribution in [2.45, 2.75) is 57.2 Å². The molecule has 44 heavy (non-hydrogen) atoms. The second-order valence-electron chi connectivity index (χ2n) is 10.6. The van der Waals surface area contributed by atoms with Crippen LogP contribution in [0, 0.1) is 6.92 Å². The van der Waals surface area contributed by atoms with Crippen LogP contribution in [-0.4, -0.2) is 50.8 Å². The summed E-state index contributed by atoms with van der Waals surface area (Å²) in [6, 6.07) is 9.80. The highest BCUT2D eigenvalue weighted by molar-refractivity contribution is 6.31.